The third-order valence-corrected chi connectivity index (χ3v) is 4.23. The van der Waals surface area contributed by atoms with E-state index in [1.807, 2.05) is 12.1 Å². The fraction of sp³-hybridized carbons (Fsp3) is 0.611. The number of hydrogen-bond acceptors (Lipinski definition) is 6. The second kappa shape index (κ2) is 12.3. The summed E-state index contributed by atoms with van der Waals surface area (Å²) >= 11 is 4.65. The highest BCUT2D eigenvalue weighted by Gasteiger charge is 2.06. The van der Waals surface area contributed by atoms with E-state index >= 15 is 0 Å². The lowest BCUT2D eigenvalue weighted by Gasteiger charge is -2.23. The topological polar surface area (TPSA) is 51.7 Å². The van der Waals surface area contributed by atoms with Crippen LogP contribution in [0.1, 0.15) is 18.4 Å². The summed E-state index contributed by atoms with van der Waals surface area (Å²) in [4.78, 5) is 6.53. The van der Waals surface area contributed by atoms with Crippen LogP contribution in [0.15, 0.2) is 29.3 Å². The lowest BCUT2D eigenvalue weighted by atomic mass is 10.2. The maximum absolute atomic E-state index is 4.65. The summed E-state index contributed by atoms with van der Waals surface area (Å²) in [6.07, 6.45) is 2.36. The first kappa shape index (κ1) is 19.2. The number of aliphatic imine (C=N–C) groups is 1. The molecule has 0 saturated carbocycles. The van der Waals surface area contributed by atoms with Gasteiger partial charge in [0.1, 0.15) is 0 Å². The largest absolute Gasteiger partial charge is 0.315 e. The quantitative estimate of drug-likeness (QED) is 0.575. The van der Waals surface area contributed by atoms with Crippen molar-refractivity contribution in [2.24, 2.45) is 4.99 Å². The highest BCUT2D eigenvalue weighted by Crippen LogP contribution is 2.13. The van der Waals surface area contributed by atoms with Gasteiger partial charge >= 0.3 is 0 Å². The van der Waals surface area contributed by atoms with Gasteiger partial charge in [0.25, 0.3) is 0 Å². The molecule has 1 saturated heterocycles. The van der Waals surface area contributed by atoms with Crippen molar-refractivity contribution in [3.63, 3.8) is 0 Å². The van der Waals surface area contributed by atoms with Gasteiger partial charge in [0.15, 0.2) is 0 Å². The van der Waals surface area contributed by atoms with E-state index in [9.17, 15) is 0 Å². The molecule has 1 fully saturated rings. The lowest BCUT2D eigenvalue weighted by molar-refractivity contribution is 0.260. The molecule has 2 rings (SSSR count). The lowest BCUT2D eigenvalue weighted by Crippen LogP contribution is -2.36. The molecule has 132 valence electrons. The maximum Gasteiger partial charge on any atom is 0.0739 e. The number of benzene rings is 1. The molecule has 5 nitrogen and oxygen atoms in total. The normalized spacial score (nSPS) is 19.2. The number of hydrogen-bond donors (Lipinski definition) is 3. The molecule has 1 aliphatic heterocycles. The van der Waals surface area contributed by atoms with Crippen molar-refractivity contribution in [2.75, 3.05) is 52.4 Å². The number of nitrogens with zero attached hydrogens (tertiary/aromatic N) is 2. The van der Waals surface area contributed by atoms with E-state index in [1.165, 1.54) is 18.4 Å². The van der Waals surface area contributed by atoms with E-state index < -0.39 is 0 Å². The summed E-state index contributed by atoms with van der Waals surface area (Å²) in [6, 6.07) is 8.28. The number of rotatable bonds is 3. The molecule has 1 aromatic carbocycles. The fourth-order valence-corrected chi connectivity index (χ4v) is 2.92. The second-order valence-electron chi connectivity index (χ2n) is 6.10. The van der Waals surface area contributed by atoms with Crippen LogP contribution in [0, 0.1) is 0 Å². The third-order valence-electron chi connectivity index (χ3n) is 4.14. The van der Waals surface area contributed by atoms with Gasteiger partial charge in [0, 0.05) is 32.7 Å². The molecule has 1 aliphatic rings. The van der Waals surface area contributed by atoms with E-state index in [2.05, 4.69) is 55.4 Å². The highest BCUT2D eigenvalue weighted by molar-refractivity contribution is 7.78. The van der Waals surface area contributed by atoms with Crippen molar-refractivity contribution < 1.29 is 0 Å². The summed E-state index contributed by atoms with van der Waals surface area (Å²) in [5.41, 5.74) is 2.19. The first-order valence-electron chi connectivity index (χ1n) is 8.90. The van der Waals surface area contributed by atoms with Gasteiger partial charge in [-0.05, 0) is 68.9 Å². The van der Waals surface area contributed by atoms with Gasteiger partial charge in [0.2, 0.25) is 0 Å². The van der Waals surface area contributed by atoms with Crippen molar-refractivity contribution in [2.45, 2.75) is 19.4 Å². The van der Waals surface area contributed by atoms with E-state index in [0.717, 1.165) is 64.6 Å². The summed E-state index contributed by atoms with van der Waals surface area (Å²) in [5, 5.41) is 12.9. The molecule has 0 radical (unpaired) electrons. The average Bonchev–Trinajstić information content (AvgIpc) is 2.60. The van der Waals surface area contributed by atoms with Crippen molar-refractivity contribution in [1.29, 1.82) is 0 Å². The Labute approximate surface area is 150 Å². The second-order valence-corrected chi connectivity index (χ2v) is 6.29. The Kier molecular flexibility index (Phi) is 9.80. The van der Waals surface area contributed by atoms with Crippen LogP contribution in [0.4, 0.5) is 5.69 Å². The minimum absolute atomic E-state index is 0.870. The molecule has 0 amide bonds. The minimum atomic E-state index is 0.870. The van der Waals surface area contributed by atoms with Crippen molar-refractivity contribution in [1.82, 2.24) is 20.9 Å². The van der Waals surface area contributed by atoms with Crippen molar-refractivity contribution >= 4 is 23.1 Å². The van der Waals surface area contributed by atoms with Crippen molar-refractivity contribution in [3.8, 4) is 0 Å². The number of nitrogens with one attached hydrogen (secondary N) is 3. The Bertz CT molecular complexity index is 485. The molecular formula is C18H29N5S. The van der Waals surface area contributed by atoms with Gasteiger partial charge in [-0.3, -0.25) is 4.90 Å². The van der Waals surface area contributed by atoms with E-state index in [0.29, 0.717) is 0 Å². The molecule has 1 heterocycles. The summed E-state index contributed by atoms with van der Waals surface area (Å²) in [6.45, 7) is 9.57. The molecule has 1 aromatic rings. The fourth-order valence-electron chi connectivity index (χ4n) is 2.81. The predicted octanol–water partition coefficient (Wildman–Crippen LogP) is 1.79. The van der Waals surface area contributed by atoms with Gasteiger partial charge in [-0.25, -0.2) is 0 Å². The van der Waals surface area contributed by atoms with Crippen LogP contribution in [0.3, 0.4) is 0 Å². The highest BCUT2D eigenvalue weighted by atomic mass is 32.1. The number of isothiocyanates is 1. The zero-order valence-corrected chi connectivity index (χ0v) is 15.2. The third kappa shape index (κ3) is 8.11. The first-order valence-corrected chi connectivity index (χ1v) is 9.30. The zero-order valence-electron chi connectivity index (χ0n) is 14.4. The Morgan fingerprint density at radius 2 is 1.54 bits per heavy atom. The molecule has 3 N–H and O–H groups in total. The molecule has 0 unspecified atom stereocenters. The maximum atomic E-state index is 4.65. The van der Waals surface area contributed by atoms with Crippen LogP contribution in [0.5, 0.6) is 0 Å². The van der Waals surface area contributed by atoms with Crippen LogP contribution in [0.2, 0.25) is 0 Å². The summed E-state index contributed by atoms with van der Waals surface area (Å²) < 4.78 is 0. The Hall–Kier alpha value is -1.14. The van der Waals surface area contributed by atoms with Gasteiger partial charge < -0.3 is 16.0 Å². The Morgan fingerprint density at radius 3 is 2.25 bits per heavy atom. The predicted molar refractivity (Wildman–Crippen MR) is 104 cm³/mol. The molecule has 0 atom stereocenters. The minimum Gasteiger partial charge on any atom is -0.315 e. The van der Waals surface area contributed by atoms with Gasteiger partial charge in [-0.2, -0.15) is 4.99 Å². The van der Waals surface area contributed by atoms with Crippen molar-refractivity contribution in [3.05, 3.63) is 29.8 Å². The molecule has 0 spiro atoms. The average molecular weight is 348 g/mol. The van der Waals surface area contributed by atoms with Gasteiger partial charge in [-0.15, -0.1) is 0 Å². The molecular weight excluding hydrogens is 318 g/mol. The molecule has 0 aliphatic carbocycles. The Balaban J connectivity index is 1.84. The van der Waals surface area contributed by atoms with Crippen LogP contribution < -0.4 is 16.0 Å². The Morgan fingerprint density at radius 1 is 0.875 bits per heavy atom. The molecule has 0 aromatic heterocycles. The SMILES string of the molecule is S=C=Nc1ccc(CN2CCCNCCNCCCNCC2)cc1. The van der Waals surface area contributed by atoms with Crippen LogP contribution in [0.25, 0.3) is 0 Å². The smallest absolute Gasteiger partial charge is 0.0739 e. The first-order chi connectivity index (χ1) is 11.9. The van der Waals surface area contributed by atoms with Gasteiger partial charge in [0.05, 0.1) is 10.8 Å². The molecule has 0 bridgehead atoms. The molecule has 24 heavy (non-hydrogen) atoms. The van der Waals surface area contributed by atoms with E-state index in [4.69, 9.17) is 0 Å². The van der Waals surface area contributed by atoms with Crippen LogP contribution in [-0.4, -0.2) is 62.4 Å². The van der Waals surface area contributed by atoms with Gasteiger partial charge in [-0.1, -0.05) is 12.1 Å². The van der Waals surface area contributed by atoms with Crippen LogP contribution in [-0.2, 0) is 6.54 Å². The zero-order chi connectivity index (χ0) is 16.9. The monoisotopic (exact) mass is 347 g/mol. The molecule has 6 heteroatoms. The summed E-state index contributed by atoms with van der Waals surface area (Å²) in [5.74, 6) is 0. The van der Waals surface area contributed by atoms with Crippen LogP contribution >= 0.6 is 12.2 Å². The number of thiocarbonyl (C=S) groups is 1. The summed E-state index contributed by atoms with van der Waals surface area (Å²) in [7, 11) is 0. The van der Waals surface area contributed by atoms with E-state index in [1.54, 1.807) is 0 Å². The standard InChI is InChI=1S/C18H29N5S/c24-16-22-18-5-3-17(4-6-18)15-23-13-2-9-20-11-10-19-7-1-8-21-12-14-23/h3-6,19-21H,1-2,7-15H2. The van der Waals surface area contributed by atoms with E-state index in [-0.39, 0.29) is 0 Å².